The van der Waals surface area contributed by atoms with Crippen molar-refractivity contribution in [3.8, 4) is 6.07 Å². The van der Waals surface area contributed by atoms with Gasteiger partial charge in [0.2, 0.25) is 10.0 Å². The molecule has 0 aliphatic carbocycles. The van der Waals surface area contributed by atoms with Gasteiger partial charge in [0, 0.05) is 18.7 Å². The summed E-state index contributed by atoms with van der Waals surface area (Å²) in [5.41, 5.74) is 1.23. The molecule has 0 spiro atoms. The van der Waals surface area contributed by atoms with Crippen molar-refractivity contribution in [2.45, 2.75) is 31.4 Å². The number of hydrogen-bond acceptors (Lipinski definition) is 7. The first-order valence-corrected chi connectivity index (χ1v) is 12.3. The van der Waals surface area contributed by atoms with Crippen LogP contribution in [0.1, 0.15) is 35.3 Å². The molecule has 1 saturated heterocycles. The molecule has 1 aliphatic heterocycles. The lowest BCUT2D eigenvalue weighted by molar-refractivity contribution is -0.148. The molecule has 9 nitrogen and oxygen atoms in total. The maximum atomic E-state index is 12.9. The highest BCUT2D eigenvalue weighted by Gasteiger charge is 2.29. The van der Waals surface area contributed by atoms with Crippen LogP contribution in [0.15, 0.2) is 53.4 Å². The largest absolute Gasteiger partial charge is 0.459 e. The fourth-order valence-electron chi connectivity index (χ4n) is 3.43. The predicted octanol–water partition coefficient (Wildman–Crippen LogP) is 2.08. The second kappa shape index (κ2) is 11.2. The highest BCUT2D eigenvalue weighted by Crippen LogP contribution is 2.19. The van der Waals surface area contributed by atoms with Gasteiger partial charge < -0.3 is 14.8 Å². The van der Waals surface area contributed by atoms with E-state index in [1.54, 1.807) is 38.1 Å². The number of nitriles is 1. The lowest BCUT2D eigenvalue weighted by Gasteiger charge is -2.26. The monoisotopic (exact) mass is 485 g/mol. The molecule has 0 aromatic heterocycles. The summed E-state index contributed by atoms with van der Waals surface area (Å²) in [4.78, 5) is 25.6. The van der Waals surface area contributed by atoms with Crippen molar-refractivity contribution in [2.24, 2.45) is 5.92 Å². The van der Waals surface area contributed by atoms with Gasteiger partial charge in [-0.25, -0.2) is 13.2 Å². The number of rotatable bonds is 8. The number of esters is 1. The van der Waals surface area contributed by atoms with E-state index in [0.717, 1.165) is 0 Å². The molecule has 1 amide bonds. The van der Waals surface area contributed by atoms with Crippen molar-refractivity contribution < 1.29 is 27.5 Å². The summed E-state index contributed by atoms with van der Waals surface area (Å²) in [5, 5.41) is 11.7. The Labute approximate surface area is 199 Å². The third kappa shape index (κ3) is 6.20. The highest BCUT2D eigenvalue weighted by atomic mass is 32.2. The number of nitrogens with zero attached hydrogens (tertiary/aromatic N) is 2. The summed E-state index contributed by atoms with van der Waals surface area (Å²) in [6.07, 6.45) is 0. The van der Waals surface area contributed by atoms with Crippen LogP contribution < -0.4 is 5.32 Å². The van der Waals surface area contributed by atoms with Crippen LogP contribution in [0.4, 0.5) is 0 Å². The van der Waals surface area contributed by atoms with Crippen molar-refractivity contribution in [3.05, 3.63) is 65.2 Å². The molecule has 1 N–H and O–H groups in total. The van der Waals surface area contributed by atoms with Gasteiger partial charge >= 0.3 is 5.97 Å². The molecule has 3 rings (SSSR count). The summed E-state index contributed by atoms with van der Waals surface area (Å²) in [7, 11) is -3.77. The maximum Gasteiger partial charge on any atom is 0.329 e. The Balaban J connectivity index is 1.70. The predicted molar refractivity (Wildman–Crippen MR) is 123 cm³/mol. The number of morpholine rings is 1. The van der Waals surface area contributed by atoms with E-state index in [-0.39, 0.29) is 36.1 Å². The SMILES string of the molecule is CC(C)[C@H](NC(=O)c1cccc(S(=O)(=O)N2CCOCC2)c1)C(=O)OCc1cccc(C#N)c1. The molecule has 0 radical (unpaired) electrons. The fraction of sp³-hybridized carbons (Fsp3) is 0.375. The van der Waals surface area contributed by atoms with Crippen LogP contribution in [-0.4, -0.2) is 56.9 Å². The Kier molecular flexibility index (Phi) is 8.39. The van der Waals surface area contributed by atoms with Crippen LogP contribution in [0.2, 0.25) is 0 Å². The van der Waals surface area contributed by atoms with E-state index in [9.17, 15) is 18.0 Å². The molecule has 1 fully saturated rings. The molecule has 0 saturated carbocycles. The molecule has 10 heteroatoms. The average Bonchev–Trinajstić information content (AvgIpc) is 2.86. The van der Waals surface area contributed by atoms with E-state index in [1.165, 1.54) is 28.6 Å². The first-order chi connectivity index (χ1) is 16.2. The molecular weight excluding hydrogens is 458 g/mol. The van der Waals surface area contributed by atoms with Gasteiger partial charge in [0.15, 0.2) is 0 Å². The van der Waals surface area contributed by atoms with E-state index < -0.39 is 27.9 Å². The minimum Gasteiger partial charge on any atom is -0.459 e. The fourth-order valence-corrected chi connectivity index (χ4v) is 4.89. The zero-order valence-electron chi connectivity index (χ0n) is 19.1. The minimum atomic E-state index is -3.77. The molecule has 2 aromatic carbocycles. The number of carbonyl (C=O) groups is 2. The Bertz CT molecular complexity index is 1180. The standard InChI is InChI=1S/C24H27N3O6S/c1-17(2)22(24(29)33-16-19-6-3-5-18(13-19)15-25)26-23(28)20-7-4-8-21(14-20)34(30,31)27-9-11-32-12-10-27/h3-8,13-14,17,22H,9-12,16H2,1-2H3,(H,26,28)/t22-/m0/s1. The van der Waals surface area contributed by atoms with E-state index in [2.05, 4.69) is 5.32 Å². The Morgan fingerprint density at radius 1 is 1.15 bits per heavy atom. The molecule has 34 heavy (non-hydrogen) atoms. The van der Waals surface area contributed by atoms with Gasteiger partial charge in [-0.05, 0) is 41.8 Å². The van der Waals surface area contributed by atoms with Gasteiger partial charge in [-0.2, -0.15) is 9.57 Å². The smallest absolute Gasteiger partial charge is 0.329 e. The van der Waals surface area contributed by atoms with Gasteiger partial charge in [0.1, 0.15) is 12.6 Å². The molecular formula is C24H27N3O6S. The van der Waals surface area contributed by atoms with Crippen LogP contribution in [0.25, 0.3) is 0 Å². The van der Waals surface area contributed by atoms with Crippen LogP contribution in [-0.2, 0) is 30.9 Å². The summed E-state index contributed by atoms with van der Waals surface area (Å²) >= 11 is 0. The Hall–Kier alpha value is -3.26. The summed E-state index contributed by atoms with van der Waals surface area (Å²) < 4.78 is 37.7. The number of amides is 1. The summed E-state index contributed by atoms with van der Waals surface area (Å²) in [5.74, 6) is -1.48. The van der Waals surface area contributed by atoms with Crippen molar-refractivity contribution in [3.63, 3.8) is 0 Å². The van der Waals surface area contributed by atoms with Crippen LogP contribution in [0.5, 0.6) is 0 Å². The molecule has 1 atom stereocenters. The number of ether oxygens (including phenoxy) is 2. The Morgan fingerprint density at radius 3 is 2.53 bits per heavy atom. The van der Waals surface area contributed by atoms with Crippen molar-refractivity contribution in [1.29, 1.82) is 5.26 Å². The first-order valence-electron chi connectivity index (χ1n) is 10.9. The van der Waals surface area contributed by atoms with Gasteiger partial charge in [0.25, 0.3) is 5.91 Å². The van der Waals surface area contributed by atoms with E-state index >= 15 is 0 Å². The second-order valence-corrected chi connectivity index (χ2v) is 10.1. The first kappa shape index (κ1) is 25.4. The molecule has 0 bridgehead atoms. The van der Waals surface area contributed by atoms with Crippen molar-refractivity contribution >= 4 is 21.9 Å². The lowest BCUT2D eigenvalue weighted by Crippen LogP contribution is -2.45. The van der Waals surface area contributed by atoms with E-state index in [4.69, 9.17) is 14.7 Å². The van der Waals surface area contributed by atoms with E-state index in [0.29, 0.717) is 24.3 Å². The lowest BCUT2D eigenvalue weighted by atomic mass is 10.0. The van der Waals surface area contributed by atoms with E-state index in [1.807, 2.05) is 6.07 Å². The zero-order valence-corrected chi connectivity index (χ0v) is 19.9. The highest BCUT2D eigenvalue weighted by molar-refractivity contribution is 7.89. The average molecular weight is 486 g/mol. The molecule has 2 aromatic rings. The number of carbonyl (C=O) groups excluding carboxylic acids is 2. The maximum absolute atomic E-state index is 12.9. The van der Waals surface area contributed by atoms with Crippen molar-refractivity contribution in [1.82, 2.24) is 9.62 Å². The van der Waals surface area contributed by atoms with Gasteiger partial charge in [-0.15, -0.1) is 0 Å². The van der Waals surface area contributed by atoms with Crippen molar-refractivity contribution in [2.75, 3.05) is 26.3 Å². The number of nitrogens with one attached hydrogen (secondary N) is 1. The van der Waals surface area contributed by atoms with Crippen LogP contribution >= 0.6 is 0 Å². The van der Waals surface area contributed by atoms with Gasteiger partial charge in [0.05, 0.1) is 29.7 Å². The second-order valence-electron chi connectivity index (χ2n) is 8.16. The topological polar surface area (TPSA) is 126 Å². The quantitative estimate of drug-likeness (QED) is 0.567. The normalized spacial score (nSPS) is 15.4. The number of sulfonamides is 1. The minimum absolute atomic E-state index is 0.00287. The molecule has 1 aliphatic rings. The molecule has 0 unspecified atom stereocenters. The zero-order chi connectivity index (χ0) is 24.7. The molecule has 1 heterocycles. The molecule has 180 valence electrons. The summed E-state index contributed by atoms with van der Waals surface area (Å²) in [6, 6.07) is 13.5. The van der Waals surface area contributed by atoms with Crippen LogP contribution in [0, 0.1) is 17.2 Å². The third-order valence-corrected chi connectivity index (χ3v) is 7.24. The van der Waals surface area contributed by atoms with Gasteiger partial charge in [-0.3, -0.25) is 4.79 Å². The summed E-state index contributed by atoms with van der Waals surface area (Å²) in [6.45, 7) is 4.62. The van der Waals surface area contributed by atoms with Crippen LogP contribution in [0.3, 0.4) is 0 Å². The Morgan fingerprint density at radius 2 is 1.85 bits per heavy atom. The third-order valence-electron chi connectivity index (χ3n) is 5.35. The van der Waals surface area contributed by atoms with Gasteiger partial charge in [-0.1, -0.05) is 32.0 Å². The number of hydrogen-bond donors (Lipinski definition) is 1. The number of benzene rings is 2.